The van der Waals surface area contributed by atoms with Crippen LogP contribution in [0, 0.1) is 0 Å². The molecule has 0 radical (unpaired) electrons. The standard InChI is InChI=1S/C25H20ClN3O3S/c26-20-8-10-21(11-9-20)33-16-24(30)28-27-13-19-15-29(23-7-2-1-6-22(19)23)14-17-4-3-5-18(12-17)25(31)32/h1-13,15H,14,16H2,(H,28,30)(H,31,32)/b27-13-. The predicted octanol–water partition coefficient (Wildman–Crippen LogP) is 5.28. The summed E-state index contributed by atoms with van der Waals surface area (Å²) in [6.07, 6.45) is 3.56. The molecule has 8 heteroatoms. The number of nitrogens with one attached hydrogen (secondary N) is 1. The zero-order chi connectivity index (χ0) is 23.2. The maximum absolute atomic E-state index is 12.1. The molecule has 3 aromatic carbocycles. The smallest absolute Gasteiger partial charge is 0.335 e. The largest absolute Gasteiger partial charge is 0.478 e. The van der Waals surface area contributed by atoms with E-state index in [1.165, 1.54) is 11.8 Å². The van der Waals surface area contributed by atoms with E-state index in [-0.39, 0.29) is 17.2 Å². The molecule has 1 heterocycles. The molecule has 0 spiro atoms. The number of amides is 1. The number of hydrazone groups is 1. The number of fused-ring (bicyclic) bond motifs is 1. The Balaban J connectivity index is 1.45. The van der Waals surface area contributed by atoms with Gasteiger partial charge in [0.25, 0.3) is 0 Å². The van der Waals surface area contributed by atoms with Crippen LogP contribution in [-0.2, 0) is 11.3 Å². The lowest BCUT2D eigenvalue weighted by Gasteiger charge is -2.06. The van der Waals surface area contributed by atoms with E-state index < -0.39 is 5.97 Å². The summed E-state index contributed by atoms with van der Waals surface area (Å²) in [6, 6.07) is 22.1. The maximum Gasteiger partial charge on any atom is 0.335 e. The Hall–Kier alpha value is -3.55. The number of carboxylic acids is 1. The molecule has 0 bridgehead atoms. The molecule has 0 aliphatic carbocycles. The van der Waals surface area contributed by atoms with Crippen molar-refractivity contribution in [2.24, 2.45) is 5.10 Å². The van der Waals surface area contributed by atoms with Gasteiger partial charge in [0.15, 0.2) is 0 Å². The Bertz CT molecular complexity index is 1330. The second-order valence-electron chi connectivity index (χ2n) is 7.27. The molecule has 2 N–H and O–H groups in total. The number of thioether (sulfide) groups is 1. The minimum atomic E-state index is -0.952. The van der Waals surface area contributed by atoms with Crippen LogP contribution >= 0.6 is 23.4 Å². The van der Waals surface area contributed by atoms with Crippen LogP contribution in [0.4, 0.5) is 0 Å². The van der Waals surface area contributed by atoms with Crippen LogP contribution in [-0.4, -0.2) is 33.5 Å². The predicted molar refractivity (Wildman–Crippen MR) is 132 cm³/mol. The minimum Gasteiger partial charge on any atom is -0.478 e. The third-order valence-electron chi connectivity index (χ3n) is 4.92. The van der Waals surface area contributed by atoms with Gasteiger partial charge in [0.1, 0.15) is 0 Å². The van der Waals surface area contributed by atoms with Gasteiger partial charge in [-0.25, -0.2) is 10.2 Å². The molecule has 0 atom stereocenters. The number of nitrogens with zero attached hydrogens (tertiary/aromatic N) is 2. The van der Waals surface area contributed by atoms with Gasteiger partial charge >= 0.3 is 5.97 Å². The number of hydrogen-bond donors (Lipinski definition) is 2. The number of hydrogen-bond acceptors (Lipinski definition) is 4. The van der Waals surface area contributed by atoms with Crippen LogP contribution in [0.25, 0.3) is 10.9 Å². The highest BCUT2D eigenvalue weighted by atomic mass is 35.5. The highest BCUT2D eigenvalue weighted by Crippen LogP contribution is 2.22. The Morgan fingerprint density at radius 3 is 2.64 bits per heavy atom. The molecule has 0 aliphatic rings. The Morgan fingerprint density at radius 1 is 1.06 bits per heavy atom. The molecule has 4 aromatic rings. The van der Waals surface area contributed by atoms with Crippen molar-refractivity contribution < 1.29 is 14.7 Å². The van der Waals surface area contributed by atoms with E-state index in [9.17, 15) is 14.7 Å². The molecule has 0 saturated carbocycles. The molecule has 166 valence electrons. The molecule has 1 amide bonds. The highest BCUT2D eigenvalue weighted by molar-refractivity contribution is 8.00. The lowest BCUT2D eigenvalue weighted by atomic mass is 10.1. The van der Waals surface area contributed by atoms with Crippen LogP contribution in [0.2, 0.25) is 5.02 Å². The van der Waals surface area contributed by atoms with E-state index in [1.54, 1.807) is 36.5 Å². The zero-order valence-electron chi connectivity index (χ0n) is 17.4. The van der Waals surface area contributed by atoms with Gasteiger partial charge in [0, 0.05) is 39.1 Å². The van der Waals surface area contributed by atoms with E-state index in [2.05, 4.69) is 10.5 Å². The van der Waals surface area contributed by atoms with Crippen molar-refractivity contribution in [1.29, 1.82) is 0 Å². The van der Waals surface area contributed by atoms with Gasteiger partial charge in [-0.1, -0.05) is 41.9 Å². The third-order valence-corrected chi connectivity index (χ3v) is 6.19. The molecular weight excluding hydrogens is 458 g/mol. The first-order valence-corrected chi connectivity index (χ1v) is 11.5. The Morgan fingerprint density at radius 2 is 1.85 bits per heavy atom. The van der Waals surface area contributed by atoms with Crippen LogP contribution < -0.4 is 5.43 Å². The van der Waals surface area contributed by atoms with Crippen molar-refractivity contribution in [3.8, 4) is 0 Å². The Labute approximate surface area is 199 Å². The molecule has 0 aliphatic heterocycles. The quantitative estimate of drug-likeness (QED) is 0.205. The summed E-state index contributed by atoms with van der Waals surface area (Å²) in [5.41, 5.74) is 5.54. The molecule has 0 fully saturated rings. The highest BCUT2D eigenvalue weighted by Gasteiger charge is 2.09. The van der Waals surface area contributed by atoms with Crippen molar-refractivity contribution in [1.82, 2.24) is 9.99 Å². The molecule has 0 unspecified atom stereocenters. The summed E-state index contributed by atoms with van der Waals surface area (Å²) in [4.78, 5) is 24.4. The van der Waals surface area contributed by atoms with E-state index >= 15 is 0 Å². The van der Waals surface area contributed by atoms with Gasteiger partial charge < -0.3 is 9.67 Å². The van der Waals surface area contributed by atoms with Crippen LogP contribution in [0.3, 0.4) is 0 Å². The van der Waals surface area contributed by atoms with Crippen LogP contribution in [0.15, 0.2) is 89.0 Å². The fourth-order valence-electron chi connectivity index (χ4n) is 3.39. The Kier molecular flexibility index (Phi) is 7.12. The molecule has 0 saturated heterocycles. The number of aromatic nitrogens is 1. The summed E-state index contributed by atoms with van der Waals surface area (Å²) >= 11 is 7.28. The van der Waals surface area contributed by atoms with Crippen LogP contribution in [0.5, 0.6) is 0 Å². The normalized spacial score (nSPS) is 11.2. The average molecular weight is 478 g/mol. The van der Waals surface area contributed by atoms with Gasteiger partial charge in [-0.05, 0) is 48.0 Å². The summed E-state index contributed by atoms with van der Waals surface area (Å²) in [5, 5.41) is 15.0. The maximum atomic E-state index is 12.1. The summed E-state index contributed by atoms with van der Waals surface area (Å²) in [6.45, 7) is 0.513. The number of benzene rings is 3. The second-order valence-corrected chi connectivity index (χ2v) is 8.76. The lowest BCUT2D eigenvalue weighted by Crippen LogP contribution is -2.19. The molecular formula is C25H20ClN3O3S. The SMILES string of the molecule is O=C(CSc1ccc(Cl)cc1)N/N=C\c1cn(Cc2cccc(C(=O)O)c2)c2ccccc12. The zero-order valence-corrected chi connectivity index (χ0v) is 19.0. The van der Waals surface area contributed by atoms with Gasteiger partial charge in [-0.2, -0.15) is 5.10 Å². The lowest BCUT2D eigenvalue weighted by molar-refractivity contribution is -0.118. The number of halogens is 1. The summed E-state index contributed by atoms with van der Waals surface area (Å²) in [5.74, 6) is -0.923. The van der Waals surface area contributed by atoms with Crippen molar-refractivity contribution in [3.63, 3.8) is 0 Å². The molecule has 4 rings (SSSR count). The fraction of sp³-hybridized carbons (Fsp3) is 0.0800. The van der Waals surface area contributed by atoms with Gasteiger partial charge in [-0.15, -0.1) is 11.8 Å². The first-order valence-electron chi connectivity index (χ1n) is 10.1. The average Bonchev–Trinajstić information content (AvgIpc) is 3.16. The number of carbonyl (C=O) groups excluding carboxylic acids is 1. The van der Waals surface area contributed by atoms with Crippen molar-refractivity contribution in [2.45, 2.75) is 11.4 Å². The minimum absolute atomic E-state index is 0.208. The monoisotopic (exact) mass is 477 g/mol. The first kappa shape index (κ1) is 22.6. The molecule has 6 nitrogen and oxygen atoms in total. The molecule has 1 aromatic heterocycles. The van der Waals surface area contributed by atoms with Crippen LogP contribution in [0.1, 0.15) is 21.5 Å². The number of carboxylic acid groups (broad SMARTS) is 1. The number of para-hydroxylation sites is 1. The first-order chi connectivity index (χ1) is 16.0. The van der Waals surface area contributed by atoms with Gasteiger partial charge in [0.05, 0.1) is 17.5 Å². The number of carbonyl (C=O) groups is 2. The van der Waals surface area contributed by atoms with Gasteiger partial charge in [0.2, 0.25) is 5.91 Å². The topological polar surface area (TPSA) is 83.7 Å². The van der Waals surface area contributed by atoms with E-state index in [0.29, 0.717) is 11.6 Å². The fourth-order valence-corrected chi connectivity index (χ4v) is 4.21. The van der Waals surface area contributed by atoms with E-state index in [1.807, 2.05) is 53.2 Å². The van der Waals surface area contributed by atoms with Crippen molar-refractivity contribution in [3.05, 3.63) is 101 Å². The third kappa shape index (κ3) is 5.83. The summed E-state index contributed by atoms with van der Waals surface area (Å²) in [7, 11) is 0. The van der Waals surface area contributed by atoms with E-state index in [4.69, 9.17) is 11.6 Å². The number of aromatic carboxylic acids is 1. The van der Waals surface area contributed by atoms with Crippen molar-refractivity contribution in [2.75, 3.05) is 5.75 Å². The number of rotatable bonds is 8. The summed E-state index contributed by atoms with van der Waals surface area (Å²) < 4.78 is 2.04. The second kappa shape index (κ2) is 10.4. The molecule has 33 heavy (non-hydrogen) atoms. The van der Waals surface area contributed by atoms with Crippen molar-refractivity contribution >= 4 is 52.4 Å². The van der Waals surface area contributed by atoms with E-state index in [0.717, 1.165) is 26.9 Å². The van der Waals surface area contributed by atoms with Gasteiger partial charge in [-0.3, -0.25) is 4.79 Å².